The van der Waals surface area contributed by atoms with Crippen LogP contribution in [0.5, 0.6) is 17.2 Å². The zero-order valence-electron chi connectivity index (χ0n) is 22.5. The van der Waals surface area contributed by atoms with Crippen molar-refractivity contribution in [2.75, 3.05) is 0 Å². The number of benzene rings is 7. The molecule has 0 spiro atoms. The number of aromatic hydroxyl groups is 3. The lowest BCUT2D eigenvalue weighted by Gasteiger charge is -2.21. The van der Waals surface area contributed by atoms with Crippen LogP contribution in [-0.4, -0.2) is 28.3 Å². The highest BCUT2D eigenvalue weighted by molar-refractivity contribution is 7.86. The minimum Gasteiger partial charge on any atom is -0.744 e. The first kappa shape index (κ1) is 26.5. The maximum Gasteiger partial charge on any atom is 0.125 e. The third-order valence-corrected chi connectivity index (χ3v) is 8.71. The molecule has 0 fully saturated rings. The van der Waals surface area contributed by atoms with Gasteiger partial charge in [0, 0.05) is 11.1 Å². The van der Waals surface area contributed by atoms with Crippen LogP contribution >= 0.6 is 0 Å². The summed E-state index contributed by atoms with van der Waals surface area (Å²) < 4.78 is 39.1. The molecule has 210 valence electrons. The van der Waals surface area contributed by atoms with Crippen LogP contribution in [0.3, 0.4) is 0 Å². The predicted octanol–water partition coefficient (Wildman–Crippen LogP) is 8.17. The van der Waals surface area contributed by atoms with Crippen molar-refractivity contribution >= 4 is 42.4 Å². The van der Waals surface area contributed by atoms with Crippen molar-refractivity contribution in [2.45, 2.75) is 4.90 Å². The predicted molar refractivity (Wildman–Crippen MR) is 168 cm³/mol. The monoisotopic (exact) mass is 583 g/mol. The summed E-state index contributed by atoms with van der Waals surface area (Å²) in [7, 11) is -4.98. The Balaban J connectivity index is 1.55. The van der Waals surface area contributed by atoms with Crippen molar-refractivity contribution < 1.29 is 28.3 Å². The zero-order chi connectivity index (χ0) is 29.9. The largest absolute Gasteiger partial charge is 0.744 e. The van der Waals surface area contributed by atoms with E-state index >= 15 is 0 Å². The second kappa shape index (κ2) is 9.87. The fraction of sp³-hybridized carbons (Fsp3) is 0. The summed E-state index contributed by atoms with van der Waals surface area (Å²) >= 11 is 0. The Kier molecular flexibility index (Phi) is 6.09. The van der Waals surface area contributed by atoms with Gasteiger partial charge < -0.3 is 19.9 Å². The fourth-order valence-corrected chi connectivity index (χ4v) is 6.60. The van der Waals surface area contributed by atoms with Gasteiger partial charge in [-0.2, -0.15) is 0 Å². The van der Waals surface area contributed by atoms with Gasteiger partial charge in [-0.3, -0.25) is 0 Å². The second-order valence-electron chi connectivity index (χ2n) is 10.6. The standard InChI is InChI=1S/C36H24O6S/c37-31-11-8-22-13-27(5-3-25(22)16-31)34-19-30(24-2-1-21-7-10-33(39)18-29(21)15-24)20-35(36(34)43(40,41)42)28-6-4-26-17-32(38)12-9-23(26)14-28/h1-20,37-39H,(H,40,41,42)/p-1. The quantitative estimate of drug-likeness (QED) is 0.180. The van der Waals surface area contributed by atoms with E-state index in [1.807, 2.05) is 24.3 Å². The van der Waals surface area contributed by atoms with Crippen LogP contribution in [0.2, 0.25) is 0 Å². The first-order valence-electron chi connectivity index (χ1n) is 13.5. The molecule has 0 aliphatic heterocycles. The Morgan fingerprint density at radius 2 is 0.767 bits per heavy atom. The SMILES string of the molecule is O=S(=O)([O-])c1c(-c2ccc3cc(O)ccc3c2)cc(-c2ccc3ccc(O)cc3c2)cc1-c1ccc2cc(O)ccc2c1. The number of phenols is 3. The third kappa shape index (κ3) is 4.91. The molecule has 0 saturated heterocycles. The summed E-state index contributed by atoms with van der Waals surface area (Å²) in [6.07, 6.45) is 0. The van der Waals surface area contributed by atoms with Crippen LogP contribution < -0.4 is 0 Å². The molecular formula is C36H23O6S-. The molecule has 0 radical (unpaired) electrons. The van der Waals surface area contributed by atoms with Gasteiger partial charge in [0.15, 0.2) is 0 Å². The highest BCUT2D eigenvalue weighted by Gasteiger charge is 2.21. The van der Waals surface area contributed by atoms with Crippen molar-refractivity contribution in [1.82, 2.24) is 0 Å². The van der Waals surface area contributed by atoms with Gasteiger partial charge in [-0.25, -0.2) is 8.42 Å². The molecule has 0 bridgehead atoms. The zero-order valence-corrected chi connectivity index (χ0v) is 23.3. The Morgan fingerprint density at radius 1 is 0.395 bits per heavy atom. The topological polar surface area (TPSA) is 118 Å². The minimum atomic E-state index is -4.98. The molecule has 0 heterocycles. The van der Waals surface area contributed by atoms with Crippen LogP contribution in [0.1, 0.15) is 0 Å². The van der Waals surface area contributed by atoms with Gasteiger partial charge in [0.05, 0.1) is 4.90 Å². The number of fused-ring (bicyclic) bond motifs is 3. The van der Waals surface area contributed by atoms with Crippen molar-refractivity contribution in [2.24, 2.45) is 0 Å². The summed E-state index contributed by atoms with van der Waals surface area (Å²) in [4.78, 5) is -0.342. The van der Waals surface area contributed by atoms with Crippen LogP contribution in [-0.2, 0) is 10.1 Å². The van der Waals surface area contributed by atoms with Crippen LogP contribution in [0.4, 0.5) is 0 Å². The molecule has 0 aliphatic rings. The van der Waals surface area contributed by atoms with Gasteiger partial charge >= 0.3 is 0 Å². The highest BCUT2D eigenvalue weighted by atomic mass is 32.2. The van der Waals surface area contributed by atoms with Crippen molar-refractivity contribution in [1.29, 1.82) is 0 Å². The van der Waals surface area contributed by atoms with Gasteiger partial charge in [-0.05, 0) is 121 Å². The van der Waals surface area contributed by atoms with E-state index < -0.39 is 10.1 Å². The maximum atomic E-state index is 13.0. The van der Waals surface area contributed by atoms with Crippen LogP contribution in [0.15, 0.2) is 126 Å². The Bertz CT molecular complexity index is 2250. The lowest BCUT2D eigenvalue weighted by molar-refractivity contribution is 0.463. The molecule has 7 heteroatoms. The second-order valence-corrected chi connectivity index (χ2v) is 11.9. The van der Waals surface area contributed by atoms with Crippen molar-refractivity contribution in [3.8, 4) is 50.6 Å². The Hall–Kier alpha value is -5.37. The molecular weight excluding hydrogens is 560 g/mol. The lowest BCUT2D eigenvalue weighted by Crippen LogP contribution is -2.05. The van der Waals surface area contributed by atoms with Gasteiger partial charge in [0.2, 0.25) is 0 Å². The first-order valence-corrected chi connectivity index (χ1v) is 14.9. The molecule has 0 aliphatic carbocycles. The summed E-state index contributed by atoms with van der Waals surface area (Å²) in [5, 5.41) is 34.7. The van der Waals surface area contributed by atoms with Gasteiger partial charge in [0.1, 0.15) is 27.4 Å². The van der Waals surface area contributed by atoms with Crippen LogP contribution in [0.25, 0.3) is 65.7 Å². The Morgan fingerprint density at radius 3 is 1.28 bits per heavy atom. The van der Waals surface area contributed by atoms with Gasteiger partial charge in [0.25, 0.3) is 0 Å². The molecule has 3 N–H and O–H groups in total. The summed E-state index contributed by atoms with van der Waals surface area (Å²) in [5.74, 6) is 0.349. The highest BCUT2D eigenvalue weighted by Crippen LogP contribution is 2.42. The summed E-state index contributed by atoms with van der Waals surface area (Å²) in [6.45, 7) is 0. The molecule has 0 aromatic heterocycles. The van der Waals surface area contributed by atoms with E-state index in [4.69, 9.17) is 0 Å². The normalized spacial score (nSPS) is 11.8. The molecule has 6 nitrogen and oxygen atoms in total. The number of hydrogen-bond acceptors (Lipinski definition) is 6. The summed E-state index contributed by atoms with van der Waals surface area (Å²) in [6, 6.07) is 34.7. The van der Waals surface area contributed by atoms with Crippen molar-refractivity contribution in [3.05, 3.63) is 121 Å². The molecule has 7 aromatic rings. The lowest BCUT2D eigenvalue weighted by atomic mass is 9.91. The first-order chi connectivity index (χ1) is 20.6. The smallest absolute Gasteiger partial charge is 0.125 e. The maximum absolute atomic E-state index is 13.0. The average molecular weight is 584 g/mol. The van der Waals surface area contributed by atoms with E-state index in [1.165, 1.54) is 0 Å². The average Bonchev–Trinajstić information content (AvgIpc) is 2.99. The molecule has 7 rings (SSSR count). The van der Waals surface area contributed by atoms with E-state index in [9.17, 15) is 28.3 Å². The Labute approximate surface area is 247 Å². The molecule has 0 atom stereocenters. The van der Waals surface area contributed by atoms with E-state index in [0.29, 0.717) is 16.7 Å². The fourth-order valence-electron chi connectivity index (χ4n) is 5.71. The minimum absolute atomic E-state index is 0.110. The van der Waals surface area contributed by atoms with E-state index in [1.54, 1.807) is 97.1 Å². The molecule has 0 unspecified atom stereocenters. The van der Waals surface area contributed by atoms with Gasteiger partial charge in [-0.1, -0.05) is 54.6 Å². The van der Waals surface area contributed by atoms with Crippen molar-refractivity contribution in [3.63, 3.8) is 0 Å². The van der Waals surface area contributed by atoms with E-state index in [2.05, 4.69) is 0 Å². The molecule has 43 heavy (non-hydrogen) atoms. The molecule has 0 amide bonds. The molecule has 7 aromatic carbocycles. The van der Waals surface area contributed by atoms with E-state index in [0.717, 1.165) is 37.9 Å². The third-order valence-electron chi connectivity index (χ3n) is 7.77. The summed E-state index contributed by atoms with van der Waals surface area (Å²) in [5.41, 5.74) is 3.00. The number of phenolic OH excluding ortho intramolecular Hbond substituents is 3. The van der Waals surface area contributed by atoms with Crippen LogP contribution in [0, 0.1) is 0 Å². The number of hydrogen-bond donors (Lipinski definition) is 3. The molecule has 0 saturated carbocycles. The number of rotatable bonds is 4. The van der Waals surface area contributed by atoms with Gasteiger partial charge in [-0.15, -0.1) is 0 Å². The van der Waals surface area contributed by atoms with E-state index in [-0.39, 0.29) is 33.3 Å².